The summed E-state index contributed by atoms with van der Waals surface area (Å²) in [6, 6.07) is 11.1. The third-order valence-corrected chi connectivity index (χ3v) is 6.23. The summed E-state index contributed by atoms with van der Waals surface area (Å²) >= 11 is 13.3. The monoisotopic (exact) mass is 498 g/mol. The summed E-state index contributed by atoms with van der Waals surface area (Å²) in [5.74, 6) is -0.446. The SMILES string of the molecule is CC[C@H](C(=O)NC(C)(C)C)N(Cc1ccc(Cl)cc1)C(=O)CSCc1c(F)cccc1Cl. The minimum atomic E-state index is -0.630. The van der Waals surface area contributed by atoms with E-state index in [9.17, 15) is 14.0 Å². The van der Waals surface area contributed by atoms with Gasteiger partial charge in [0.15, 0.2) is 0 Å². The van der Waals surface area contributed by atoms with Crippen LogP contribution in [0.2, 0.25) is 10.0 Å². The Hall–Kier alpha value is -1.76. The van der Waals surface area contributed by atoms with Crippen molar-refractivity contribution in [3.63, 3.8) is 0 Å². The summed E-state index contributed by atoms with van der Waals surface area (Å²) in [5, 5.41) is 3.90. The van der Waals surface area contributed by atoms with Gasteiger partial charge in [0, 0.05) is 33.4 Å². The van der Waals surface area contributed by atoms with Crippen LogP contribution in [0.4, 0.5) is 4.39 Å². The predicted molar refractivity (Wildman–Crippen MR) is 132 cm³/mol. The van der Waals surface area contributed by atoms with Gasteiger partial charge in [0.25, 0.3) is 0 Å². The molecule has 0 saturated heterocycles. The molecule has 0 aliphatic rings. The van der Waals surface area contributed by atoms with Gasteiger partial charge in [-0.2, -0.15) is 0 Å². The fourth-order valence-electron chi connectivity index (χ4n) is 3.15. The molecule has 174 valence electrons. The Morgan fingerprint density at radius 1 is 1.12 bits per heavy atom. The van der Waals surface area contributed by atoms with Crippen LogP contribution in [0.5, 0.6) is 0 Å². The molecule has 1 atom stereocenters. The highest BCUT2D eigenvalue weighted by Gasteiger charge is 2.30. The van der Waals surface area contributed by atoms with Crippen LogP contribution in [0.25, 0.3) is 0 Å². The number of rotatable bonds is 9. The molecular formula is C24H29Cl2FN2O2S. The molecule has 0 heterocycles. The second-order valence-corrected chi connectivity index (χ2v) is 10.3. The molecule has 2 amide bonds. The standard InChI is InChI=1S/C24H29Cl2FN2O2S/c1-5-21(23(31)28-24(2,3)4)29(13-16-9-11-17(25)12-10-16)22(30)15-32-14-18-19(26)7-6-8-20(18)27/h6-12,21H,5,13-15H2,1-4H3,(H,28,31)/t21-/m1/s1. The number of amides is 2. The highest BCUT2D eigenvalue weighted by Crippen LogP contribution is 2.25. The molecule has 4 nitrogen and oxygen atoms in total. The third kappa shape index (κ3) is 7.98. The number of nitrogens with one attached hydrogen (secondary N) is 1. The first-order valence-corrected chi connectivity index (χ1v) is 12.3. The summed E-state index contributed by atoms with van der Waals surface area (Å²) in [6.45, 7) is 7.85. The van der Waals surface area contributed by atoms with Crippen molar-refractivity contribution < 1.29 is 14.0 Å². The Labute approximate surface area is 203 Å². The van der Waals surface area contributed by atoms with Crippen LogP contribution in [0, 0.1) is 5.82 Å². The topological polar surface area (TPSA) is 49.4 Å². The van der Waals surface area contributed by atoms with E-state index in [4.69, 9.17) is 23.2 Å². The molecule has 32 heavy (non-hydrogen) atoms. The first-order valence-electron chi connectivity index (χ1n) is 10.4. The second-order valence-electron chi connectivity index (χ2n) is 8.50. The van der Waals surface area contributed by atoms with Crippen molar-refractivity contribution in [1.29, 1.82) is 0 Å². The molecule has 0 unspecified atom stereocenters. The van der Waals surface area contributed by atoms with Gasteiger partial charge in [0.1, 0.15) is 11.9 Å². The molecule has 2 aromatic carbocycles. The summed E-state index contributed by atoms with van der Waals surface area (Å²) in [6.07, 6.45) is 0.463. The quantitative estimate of drug-likeness (QED) is 0.455. The number of thioether (sulfide) groups is 1. The number of halogens is 3. The summed E-state index contributed by atoms with van der Waals surface area (Å²) in [5.41, 5.74) is 0.816. The fraction of sp³-hybridized carbons (Fsp3) is 0.417. The first kappa shape index (κ1) is 26.5. The molecular weight excluding hydrogens is 470 g/mol. The highest BCUT2D eigenvalue weighted by atomic mass is 35.5. The lowest BCUT2D eigenvalue weighted by Crippen LogP contribution is -2.53. The molecule has 0 fully saturated rings. The number of hydrogen-bond acceptors (Lipinski definition) is 3. The van der Waals surface area contributed by atoms with Crippen molar-refractivity contribution in [2.24, 2.45) is 0 Å². The van der Waals surface area contributed by atoms with Gasteiger partial charge in [-0.3, -0.25) is 9.59 Å². The highest BCUT2D eigenvalue weighted by molar-refractivity contribution is 7.99. The van der Waals surface area contributed by atoms with Gasteiger partial charge in [-0.1, -0.05) is 48.3 Å². The van der Waals surface area contributed by atoms with Crippen molar-refractivity contribution in [1.82, 2.24) is 10.2 Å². The van der Waals surface area contributed by atoms with Gasteiger partial charge in [-0.25, -0.2) is 4.39 Å². The van der Waals surface area contributed by atoms with Crippen LogP contribution < -0.4 is 5.32 Å². The molecule has 0 aromatic heterocycles. The smallest absolute Gasteiger partial charge is 0.243 e. The van der Waals surface area contributed by atoms with Crippen molar-refractivity contribution in [2.45, 2.75) is 58.0 Å². The van der Waals surface area contributed by atoms with Gasteiger partial charge >= 0.3 is 0 Å². The van der Waals surface area contributed by atoms with Gasteiger partial charge < -0.3 is 10.2 Å². The summed E-state index contributed by atoms with van der Waals surface area (Å²) < 4.78 is 14.0. The molecule has 8 heteroatoms. The number of carbonyl (C=O) groups excluding carboxylic acids is 2. The van der Waals surface area contributed by atoms with Crippen LogP contribution in [0.3, 0.4) is 0 Å². The molecule has 0 bridgehead atoms. The van der Waals surface area contributed by atoms with E-state index in [1.807, 2.05) is 39.8 Å². The van der Waals surface area contributed by atoms with E-state index in [0.29, 0.717) is 22.0 Å². The Balaban J connectivity index is 2.18. The van der Waals surface area contributed by atoms with E-state index in [-0.39, 0.29) is 29.9 Å². The van der Waals surface area contributed by atoms with Crippen LogP contribution in [0.1, 0.15) is 45.2 Å². The Morgan fingerprint density at radius 3 is 2.34 bits per heavy atom. The fourth-order valence-corrected chi connectivity index (χ4v) is 4.53. The number of carbonyl (C=O) groups is 2. The van der Waals surface area contributed by atoms with Crippen LogP contribution >= 0.6 is 35.0 Å². The largest absolute Gasteiger partial charge is 0.350 e. The predicted octanol–water partition coefficient (Wildman–Crippen LogP) is 6.09. The minimum absolute atomic E-state index is 0.0948. The van der Waals surface area contributed by atoms with Gasteiger partial charge in [0.05, 0.1) is 5.75 Å². The molecule has 0 saturated carbocycles. The first-order chi connectivity index (χ1) is 15.0. The zero-order chi connectivity index (χ0) is 23.9. The van der Waals surface area contributed by atoms with E-state index in [0.717, 1.165) is 5.56 Å². The Morgan fingerprint density at radius 2 is 1.78 bits per heavy atom. The van der Waals surface area contributed by atoms with Crippen molar-refractivity contribution in [2.75, 3.05) is 5.75 Å². The average Bonchev–Trinajstić information content (AvgIpc) is 2.70. The maximum Gasteiger partial charge on any atom is 0.243 e. The van der Waals surface area contributed by atoms with E-state index < -0.39 is 17.4 Å². The van der Waals surface area contributed by atoms with E-state index in [2.05, 4.69) is 5.32 Å². The number of benzene rings is 2. The zero-order valence-corrected chi connectivity index (χ0v) is 21.1. The van der Waals surface area contributed by atoms with E-state index >= 15 is 0 Å². The minimum Gasteiger partial charge on any atom is -0.350 e. The van der Waals surface area contributed by atoms with Crippen molar-refractivity contribution >= 4 is 46.8 Å². The number of hydrogen-bond donors (Lipinski definition) is 1. The van der Waals surface area contributed by atoms with Crippen molar-refractivity contribution in [3.05, 3.63) is 69.5 Å². The Bertz CT molecular complexity index is 912. The second kappa shape index (κ2) is 11.9. The molecule has 0 aliphatic carbocycles. The average molecular weight is 499 g/mol. The van der Waals surface area contributed by atoms with E-state index in [1.54, 1.807) is 29.2 Å². The molecule has 2 rings (SSSR count). The van der Waals surface area contributed by atoms with Crippen LogP contribution in [-0.4, -0.2) is 34.0 Å². The lowest BCUT2D eigenvalue weighted by Gasteiger charge is -2.33. The third-order valence-electron chi connectivity index (χ3n) is 4.68. The Kier molecular flexibility index (Phi) is 9.86. The molecule has 2 aromatic rings. The van der Waals surface area contributed by atoms with Crippen LogP contribution in [0.15, 0.2) is 42.5 Å². The number of nitrogens with zero attached hydrogens (tertiary/aromatic N) is 1. The molecule has 1 N–H and O–H groups in total. The lowest BCUT2D eigenvalue weighted by molar-refractivity contribution is -0.140. The normalized spacial score (nSPS) is 12.3. The maximum atomic E-state index is 14.0. The van der Waals surface area contributed by atoms with Gasteiger partial charge in [0.2, 0.25) is 11.8 Å². The van der Waals surface area contributed by atoms with Crippen LogP contribution in [-0.2, 0) is 21.9 Å². The van der Waals surface area contributed by atoms with Gasteiger partial charge in [-0.15, -0.1) is 11.8 Å². The summed E-state index contributed by atoms with van der Waals surface area (Å²) in [4.78, 5) is 27.8. The van der Waals surface area contributed by atoms with E-state index in [1.165, 1.54) is 17.8 Å². The molecule has 0 radical (unpaired) electrons. The molecule has 0 spiro atoms. The maximum absolute atomic E-state index is 14.0. The van der Waals surface area contributed by atoms with Gasteiger partial charge in [-0.05, 0) is 57.0 Å². The van der Waals surface area contributed by atoms with Crippen molar-refractivity contribution in [3.8, 4) is 0 Å². The summed E-state index contributed by atoms with van der Waals surface area (Å²) in [7, 11) is 0. The zero-order valence-electron chi connectivity index (χ0n) is 18.8. The molecule has 0 aliphatic heterocycles. The lowest BCUT2D eigenvalue weighted by atomic mass is 10.1.